The number of imidazole rings is 1. The Hall–Kier alpha value is -1.96. The number of aryl methyl sites for hydroxylation is 2. The van der Waals surface area contributed by atoms with E-state index in [1.54, 1.807) is 4.57 Å². The van der Waals surface area contributed by atoms with Gasteiger partial charge in [0.15, 0.2) is 5.69 Å². The highest BCUT2D eigenvalue weighted by molar-refractivity contribution is 7.13. The highest BCUT2D eigenvalue weighted by Gasteiger charge is 2.22. The minimum Gasteiger partial charge on any atom is -0.464 e. The molecule has 0 atom stereocenters. The molecule has 7 nitrogen and oxygen atoms in total. The minimum absolute atomic E-state index is 0.118. The largest absolute Gasteiger partial charge is 0.464 e. The lowest BCUT2D eigenvalue weighted by Crippen LogP contribution is -2.07. The van der Waals surface area contributed by atoms with Crippen LogP contribution in [0, 0.1) is 0 Å². The van der Waals surface area contributed by atoms with E-state index in [0.29, 0.717) is 17.4 Å². The van der Waals surface area contributed by atoms with Crippen molar-refractivity contribution in [1.29, 1.82) is 0 Å². The first-order chi connectivity index (χ1) is 9.12. The van der Waals surface area contributed by atoms with Crippen LogP contribution < -0.4 is 5.73 Å². The molecule has 2 aromatic rings. The van der Waals surface area contributed by atoms with Crippen molar-refractivity contribution in [3.05, 3.63) is 16.5 Å². The fourth-order valence-corrected chi connectivity index (χ4v) is 2.47. The lowest BCUT2D eigenvalue weighted by Gasteiger charge is -2.03. The Morgan fingerprint density at radius 1 is 1.37 bits per heavy atom. The van der Waals surface area contributed by atoms with E-state index in [-0.39, 0.29) is 11.5 Å². The molecule has 8 heteroatoms. The third kappa shape index (κ3) is 2.30. The van der Waals surface area contributed by atoms with Gasteiger partial charge in [0.1, 0.15) is 16.6 Å². The van der Waals surface area contributed by atoms with Gasteiger partial charge in [0.25, 0.3) is 0 Å². The molecule has 0 aliphatic heterocycles. The second-order valence-corrected chi connectivity index (χ2v) is 4.81. The third-order valence-electron chi connectivity index (χ3n) is 2.63. The van der Waals surface area contributed by atoms with E-state index in [1.807, 2.05) is 13.8 Å². The average molecular weight is 281 g/mol. The van der Waals surface area contributed by atoms with E-state index in [9.17, 15) is 4.79 Å². The number of nitrogen functional groups attached to an aromatic ring is 1. The van der Waals surface area contributed by atoms with Crippen molar-refractivity contribution in [3.63, 3.8) is 0 Å². The number of carbonyl (C=O) groups is 1. The number of anilines is 1. The summed E-state index contributed by atoms with van der Waals surface area (Å²) in [7, 11) is 1.30. The second-order valence-electron chi connectivity index (χ2n) is 3.77. The first-order valence-corrected chi connectivity index (χ1v) is 6.72. The molecule has 0 spiro atoms. The Morgan fingerprint density at radius 3 is 2.63 bits per heavy atom. The van der Waals surface area contributed by atoms with Crippen molar-refractivity contribution in [2.24, 2.45) is 0 Å². The minimum atomic E-state index is -0.550. The van der Waals surface area contributed by atoms with Crippen LogP contribution in [0.5, 0.6) is 0 Å². The number of nitrogens with zero attached hydrogens (tertiary/aromatic N) is 4. The number of nitrogens with two attached hydrogens (primary N) is 1. The average Bonchev–Trinajstić information content (AvgIpc) is 3.01. The number of methoxy groups -OCH3 is 1. The maximum Gasteiger partial charge on any atom is 0.360 e. The molecule has 2 heterocycles. The molecular weight excluding hydrogens is 266 g/mol. The van der Waals surface area contributed by atoms with E-state index >= 15 is 0 Å². The van der Waals surface area contributed by atoms with E-state index in [4.69, 9.17) is 5.73 Å². The quantitative estimate of drug-likeness (QED) is 0.846. The summed E-state index contributed by atoms with van der Waals surface area (Å²) in [6.07, 6.45) is 1.43. The van der Waals surface area contributed by atoms with E-state index < -0.39 is 5.97 Å². The molecular formula is C11H15N5O2S. The van der Waals surface area contributed by atoms with Crippen LogP contribution in [0.4, 0.5) is 5.82 Å². The van der Waals surface area contributed by atoms with Gasteiger partial charge in [-0.2, -0.15) is 0 Å². The number of aromatic nitrogens is 4. The number of esters is 1. The molecule has 0 saturated carbocycles. The topological polar surface area (TPSA) is 95.9 Å². The second kappa shape index (κ2) is 5.35. The number of ether oxygens (including phenoxy) is 1. The van der Waals surface area contributed by atoms with Crippen molar-refractivity contribution in [2.75, 3.05) is 12.8 Å². The van der Waals surface area contributed by atoms with Gasteiger partial charge in [0, 0.05) is 6.42 Å². The molecule has 2 rings (SSSR count). The zero-order valence-corrected chi connectivity index (χ0v) is 11.8. The Morgan fingerprint density at radius 2 is 2.11 bits per heavy atom. The molecule has 102 valence electrons. The molecule has 0 fully saturated rings. The zero-order chi connectivity index (χ0) is 14.0. The fourth-order valence-electron chi connectivity index (χ4n) is 1.66. The summed E-state index contributed by atoms with van der Waals surface area (Å²) in [5, 5.41) is 9.66. The van der Waals surface area contributed by atoms with E-state index in [0.717, 1.165) is 11.4 Å². The van der Waals surface area contributed by atoms with E-state index in [2.05, 4.69) is 19.9 Å². The standard InChI is InChI=1S/C11H15N5O2S/c1-4-6-13-8(10(17)18-3)9(12)16(6)11-15-14-7(5-2)19-11/h4-5,12H2,1-3H3. The lowest BCUT2D eigenvalue weighted by molar-refractivity contribution is 0.0596. The Kier molecular flexibility index (Phi) is 3.79. The molecule has 2 N–H and O–H groups in total. The number of rotatable bonds is 4. The summed E-state index contributed by atoms with van der Waals surface area (Å²) < 4.78 is 6.32. The van der Waals surface area contributed by atoms with Crippen molar-refractivity contribution >= 4 is 23.1 Å². The fraction of sp³-hybridized carbons (Fsp3) is 0.455. The van der Waals surface area contributed by atoms with Gasteiger partial charge in [-0.3, -0.25) is 4.57 Å². The molecule has 0 unspecified atom stereocenters. The number of carbonyl (C=O) groups excluding carboxylic acids is 1. The summed E-state index contributed by atoms with van der Waals surface area (Å²) in [5.41, 5.74) is 6.10. The maximum atomic E-state index is 11.6. The van der Waals surface area contributed by atoms with Gasteiger partial charge in [0.2, 0.25) is 5.13 Å². The van der Waals surface area contributed by atoms with E-state index in [1.165, 1.54) is 18.4 Å². The van der Waals surface area contributed by atoms with Gasteiger partial charge in [0.05, 0.1) is 7.11 Å². The van der Waals surface area contributed by atoms with Crippen molar-refractivity contribution in [3.8, 4) is 5.13 Å². The highest BCUT2D eigenvalue weighted by atomic mass is 32.1. The molecule has 2 aromatic heterocycles. The smallest absolute Gasteiger partial charge is 0.360 e. The van der Waals surface area contributed by atoms with Gasteiger partial charge in [-0.15, -0.1) is 10.2 Å². The van der Waals surface area contributed by atoms with Crippen LogP contribution in [-0.2, 0) is 17.6 Å². The van der Waals surface area contributed by atoms with Crippen LogP contribution in [0.3, 0.4) is 0 Å². The van der Waals surface area contributed by atoms with Crippen molar-refractivity contribution < 1.29 is 9.53 Å². The summed E-state index contributed by atoms with van der Waals surface area (Å²) in [6, 6.07) is 0. The third-order valence-corrected chi connectivity index (χ3v) is 3.68. The first kappa shape index (κ1) is 13.5. The molecule has 0 radical (unpaired) electrons. The number of hydrogen-bond acceptors (Lipinski definition) is 7. The van der Waals surface area contributed by atoms with Crippen LogP contribution in [-0.4, -0.2) is 32.8 Å². The molecule has 0 bridgehead atoms. The van der Waals surface area contributed by atoms with Gasteiger partial charge in [-0.1, -0.05) is 25.2 Å². The SMILES string of the molecule is CCc1nnc(-n2c(CC)nc(C(=O)OC)c2N)s1. The predicted octanol–water partition coefficient (Wildman–Crippen LogP) is 1.22. The Balaban J connectivity index is 2.55. The monoisotopic (exact) mass is 281 g/mol. The highest BCUT2D eigenvalue weighted by Crippen LogP contribution is 2.24. The normalized spacial score (nSPS) is 10.7. The van der Waals surface area contributed by atoms with Crippen LogP contribution in [0.25, 0.3) is 5.13 Å². The summed E-state index contributed by atoms with van der Waals surface area (Å²) in [5.74, 6) is 0.352. The predicted molar refractivity (Wildman–Crippen MR) is 71.5 cm³/mol. The maximum absolute atomic E-state index is 11.6. The van der Waals surface area contributed by atoms with Crippen LogP contribution >= 0.6 is 11.3 Å². The molecule has 0 aliphatic carbocycles. The van der Waals surface area contributed by atoms with Gasteiger partial charge >= 0.3 is 5.97 Å². The molecule has 19 heavy (non-hydrogen) atoms. The van der Waals surface area contributed by atoms with Crippen LogP contribution in [0.15, 0.2) is 0 Å². The lowest BCUT2D eigenvalue weighted by atomic mass is 10.4. The molecule has 0 aromatic carbocycles. The van der Waals surface area contributed by atoms with Gasteiger partial charge in [-0.05, 0) is 6.42 Å². The van der Waals surface area contributed by atoms with Crippen molar-refractivity contribution in [1.82, 2.24) is 19.7 Å². The van der Waals surface area contributed by atoms with Crippen LogP contribution in [0.2, 0.25) is 0 Å². The summed E-state index contributed by atoms with van der Waals surface area (Å²) in [4.78, 5) is 15.8. The van der Waals surface area contributed by atoms with Gasteiger partial charge < -0.3 is 10.5 Å². The summed E-state index contributed by atoms with van der Waals surface area (Å²) >= 11 is 1.43. The van der Waals surface area contributed by atoms with Gasteiger partial charge in [-0.25, -0.2) is 9.78 Å². The van der Waals surface area contributed by atoms with Crippen LogP contribution in [0.1, 0.15) is 35.2 Å². The summed E-state index contributed by atoms with van der Waals surface area (Å²) in [6.45, 7) is 3.93. The first-order valence-electron chi connectivity index (χ1n) is 5.90. The van der Waals surface area contributed by atoms with Crippen molar-refractivity contribution in [2.45, 2.75) is 26.7 Å². The zero-order valence-electron chi connectivity index (χ0n) is 11.0. The Bertz CT molecular complexity index is 604. The number of hydrogen-bond donors (Lipinski definition) is 1. The molecule has 0 saturated heterocycles. The molecule has 0 aliphatic rings. The molecule has 0 amide bonds. The Labute approximate surface area is 114 Å².